The van der Waals surface area contributed by atoms with Crippen LogP contribution in [0.3, 0.4) is 0 Å². The second kappa shape index (κ2) is 11.7. The summed E-state index contributed by atoms with van der Waals surface area (Å²) in [6.07, 6.45) is 9.96. The predicted molar refractivity (Wildman–Crippen MR) is 148 cm³/mol. The van der Waals surface area contributed by atoms with Gasteiger partial charge in [-0.3, -0.25) is 0 Å². The monoisotopic (exact) mass is 598 g/mol. The van der Waals surface area contributed by atoms with Crippen LogP contribution in [0.15, 0.2) is 22.0 Å². The molecule has 2 aliphatic carbocycles. The van der Waals surface area contributed by atoms with E-state index in [-0.39, 0.29) is 14.9 Å². The van der Waals surface area contributed by atoms with Crippen LogP contribution in [0.5, 0.6) is 0 Å². The van der Waals surface area contributed by atoms with Crippen molar-refractivity contribution >= 4 is 56.7 Å². The van der Waals surface area contributed by atoms with Crippen molar-refractivity contribution in [3.63, 3.8) is 0 Å². The maximum absolute atomic E-state index is 4.93. The third-order valence-corrected chi connectivity index (χ3v) is 19.3. The molecule has 172 valence electrons. The minimum absolute atomic E-state index is 0. The molecule has 0 amide bonds. The van der Waals surface area contributed by atoms with Crippen LogP contribution in [0.25, 0.3) is 0 Å². The van der Waals surface area contributed by atoms with E-state index in [1.54, 1.807) is 29.1 Å². The first-order valence-electron chi connectivity index (χ1n) is 10.7. The Balaban J connectivity index is 0.000000851. The first kappa shape index (κ1) is 30.1. The standard InChI is InChI=1S/C21H36S2Si2.2CH3.2ClH.Zr/c1-13-10-17-18-11-14(2)23-20(18)21(19(17)22-13)25(6,7)16-9-8-15(12-16)24(3,4)5;;;;;/h10-11,15-21H,8-9,12H2,1-7H3;2*1H3;2*1H;/q;2*-1;;;+4/p-2. The summed E-state index contributed by atoms with van der Waals surface area (Å²) in [5, 5.41) is 1.80. The number of fused-ring (bicyclic) bond motifs is 3. The van der Waals surface area contributed by atoms with Crippen LogP contribution >= 0.6 is 40.5 Å². The van der Waals surface area contributed by atoms with Crippen LogP contribution in [-0.4, -0.2) is 26.6 Å². The first-order valence-corrected chi connectivity index (χ1v) is 25.5. The van der Waals surface area contributed by atoms with E-state index in [2.05, 4.69) is 82.3 Å². The molecule has 2 aliphatic heterocycles. The molecule has 0 saturated heterocycles. The van der Waals surface area contributed by atoms with E-state index >= 15 is 0 Å². The van der Waals surface area contributed by atoms with Crippen molar-refractivity contribution in [3.8, 4) is 0 Å². The fraction of sp³-hybridized carbons (Fsp3) is 0.739. The summed E-state index contributed by atoms with van der Waals surface area (Å²) in [5.74, 6) is 1.68. The van der Waals surface area contributed by atoms with Gasteiger partial charge in [0.2, 0.25) is 0 Å². The summed E-state index contributed by atoms with van der Waals surface area (Å²) in [6.45, 7) is 18.1. The quantitative estimate of drug-likeness (QED) is 0.234. The number of rotatable bonds is 3. The van der Waals surface area contributed by atoms with Gasteiger partial charge in [0.15, 0.2) is 0 Å². The van der Waals surface area contributed by atoms with Gasteiger partial charge in [0, 0.05) is 18.6 Å². The van der Waals surface area contributed by atoms with E-state index in [1.807, 2.05) is 0 Å². The third-order valence-electron chi connectivity index (χ3n) is 7.98. The molecule has 2 heterocycles. The molecule has 4 rings (SSSR count). The van der Waals surface area contributed by atoms with Crippen LogP contribution in [0.1, 0.15) is 33.1 Å². The maximum atomic E-state index is 4.93. The molecule has 4 aliphatic rings. The summed E-state index contributed by atoms with van der Waals surface area (Å²) < 4.78 is 0. The molecule has 0 aromatic carbocycles. The average Bonchev–Trinajstić information content (AvgIpc) is 3.28. The van der Waals surface area contributed by atoms with E-state index in [0.717, 1.165) is 39.0 Å². The van der Waals surface area contributed by atoms with Gasteiger partial charge < -0.3 is 14.9 Å². The van der Waals surface area contributed by atoms with Gasteiger partial charge in [-0.25, -0.2) is 0 Å². The number of hydrogen-bond donors (Lipinski definition) is 0. The fourth-order valence-corrected chi connectivity index (χ4v) is 18.6. The SMILES string of the molecule is CC1=CC2C3C=C(C)SC3C([Si](C)(C)C3CCC([Si](C)(C)C)C3)C2S1.[CH3-].[CH3-].[Cl][Zr+2][Cl]. The molecule has 0 bridgehead atoms. The second-order valence-electron chi connectivity index (χ2n) is 10.9. The Kier molecular flexibility index (Phi) is 11.7. The number of hydrogen-bond acceptors (Lipinski definition) is 2. The average molecular weight is 601 g/mol. The van der Waals surface area contributed by atoms with Crippen LogP contribution < -0.4 is 0 Å². The Morgan fingerprint density at radius 3 is 1.60 bits per heavy atom. The zero-order chi connectivity index (χ0) is 20.9. The van der Waals surface area contributed by atoms with Crippen molar-refractivity contribution in [2.24, 2.45) is 11.8 Å². The van der Waals surface area contributed by atoms with Crippen LogP contribution in [0.4, 0.5) is 0 Å². The molecular formula is C23H42Cl2S2Si2Zr. The first-order chi connectivity index (χ1) is 13.0. The molecule has 0 nitrogen and oxygen atoms in total. The third kappa shape index (κ3) is 6.00. The van der Waals surface area contributed by atoms with Gasteiger partial charge >= 0.3 is 37.9 Å². The van der Waals surface area contributed by atoms with Gasteiger partial charge in [-0.1, -0.05) is 64.1 Å². The molecule has 6 unspecified atom stereocenters. The molecule has 0 spiro atoms. The number of allylic oxidation sites excluding steroid dienone is 4. The molecule has 2 fully saturated rings. The van der Waals surface area contributed by atoms with Gasteiger partial charge in [0.1, 0.15) is 0 Å². The zero-order valence-electron chi connectivity index (χ0n) is 20.4. The topological polar surface area (TPSA) is 0 Å². The van der Waals surface area contributed by atoms with Crippen molar-refractivity contribution in [1.82, 2.24) is 0 Å². The van der Waals surface area contributed by atoms with Crippen molar-refractivity contribution in [2.45, 2.75) is 93.0 Å². The Bertz CT molecular complexity index is 616. The molecular weight excluding hydrogens is 559 g/mol. The van der Waals surface area contributed by atoms with E-state index < -0.39 is 37.0 Å². The predicted octanol–water partition coefficient (Wildman–Crippen LogP) is 9.89. The van der Waals surface area contributed by atoms with Crippen LogP contribution in [0.2, 0.25) is 49.4 Å². The van der Waals surface area contributed by atoms with Gasteiger partial charge in [-0.2, -0.15) is 0 Å². The molecule has 0 aromatic rings. The summed E-state index contributed by atoms with van der Waals surface area (Å²) in [7, 11) is 7.62. The summed E-state index contributed by atoms with van der Waals surface area (Å²) in [6, 6.07) is 0. The Labute approximate surface area is 217 Å². The molecule has 6 atom stereocenters. The Morgan fingerprint density at radius 2 is 1.23 bits per heavy atom. The van der Waals surface area contributed by atoms with Crippen molar-refractivity contribution in [1.29, 1.82) is 0 Å². The number of thioether (sulfide) groups is 2. The molecule has 0 aromatic heterocycles. The summed E-state index contributed by atoms with van der Waals surface area (Å²) in [4.78, 5) is 3.22. The van der Waals surface area contributed by atoms with Crippen LogP contribution in [-0.2, 0) is 20.8 Å². The molecule has 7 heteroatoms. The van der Waals surface area contributed by atoms with Crippen LogP contribution in [0, 0.1) is 26.7 Å². The van der Waals surface area contributed by atoms with Gasteiger partial charge in [0.25, 0.3) is 0 Å². The fourth-order valence-electron chi connectivity index (χ4n) is 6.43. The van der Waals surface area contributed by atoms with Gasteiger partial charge in [0.05, 0.1) is 8.07 Å². The van der Waals surface area contributed by atoms with Crippen molar-refractivity contribution in [2.75, 3.05) is 0 Å². The Morgan fingerprint density at radius 1 is 0.833 bits per heavy atom. The van der Waals surface area contributed by atoms with E-state index in [4.69, 9.17) is 17.0 Å². The second-order valence-corrected chi connectivity index (χ2v) is 28.1. The zero-order valence-corrected chi connectivity index (χ0v) is 28.0. The van der Waals surface area contributed by atoms with Gasteiger partial charge in [-0.05, 0) is 52.1 Å². The summed E-state index contributed by atoms with van der Waals surface area (Å²) in [5.41, 5.74) is 3.17. The molecule has 0 N–H and O–H groups in total. The summed E-state index contributed by atoms with van der Waals surface area (Å²) >= 11 is 3.69. The van der Waals surface area contributed by atoms with E-state index in [1.165, 1.54) is 0 Å². The Hall–Kier alpha value is 2.08. The van der Waals surface area contributed by atoms with E-state index in [9.17, 15) is 0 Å². The van der Waals surface area contributed by atoms with E-state index in [0.29, 0.717) is 0 Å². The molecule has 30 heavy (non-hydrogen) atoms. The van der Waals surface area contributed by atoms with Crippen molar-refractivity contribution < 1.29 is 20.8 Å². The normalized spacial score (nSPS) is 36.9. The minimum atomic E-state index is -1.27. The van der Waals surface area contributed by atoms with Gasteiger partial charge in [-0.15, -0.1) is 23.5 Å². The molecule has 2 saturated carbocycles. The van der Waals surface area contributed by atoms with Crippen molar-refractivity contribution in [3.05, 3.63) is 36.8 Å². The number of halogens is 2. The molecule has 0 radical (unpaired) electrons.